The molecule has 2 amide bonds. The molecule has 5 heteroatoms. The molecule has 2 aromatic carbocycles. The Labute approximate surface area is 166 Å². The van der Waals surface area contributed by atoms with Crippen molar-refractivity contribution in [3.05, 3.63) is 70.3 Å². The number of hydrogen-bond donors (Lipinski definition) is 2. The van der Waals surface area contributed by atoms with E-state index in [-0.39, 0.29) is 5.82 Å². The average Bonchev–Trinajstić information content (AvgIpc) is 2.66. The summed E-state index contributed by atoms with van der Waals surface area (Å²) in [5.41, 5.74) is 9.17. The Kier molecular flexibility index (Phi) is 8.42. The predicted molar refractivity (Wildman–Crippen MR) is 109 cm³/mol. The maximum atomic E-state index is 13.8. The molecule has 0 bridgehead atoms. The van der Waals surface area contributed by atoms with Crippen LogP contribution in [0.3, 0.4) is 0 Å². The lowest BCUT2D eigenvalue weighted by Gasteiger charge is -2.20. The van der Waals surface area contributed by atoms with E-state index in [4.69, 9.17) is 5.73 Å². The highest BCUT2D eigenvalue weighted by Gasteiger charge is 2.14. The Balaban J connectivity index is 1.99. The zero-order valence-electron chi connectivity index (χ0n) is 16.7. The minimum Gasteiger partial charge on any atom is -0.352 e. The highest BCUT2D eigenvalue weighted by Crippen LogP contribution is 2.30. The number of nitrogens with two attached hydrogens (primary N) is 1. The summed E-state index contributed by atoms with van der Waals surface area (Å²) in [6, 6.07) is 9.34. The lowest BCUT2D eigenvalue weighted by atomic mass is 9.85. The van der Waals surface area contributed by atoms with Crippen LogP contribution in [0.2, 0.25) is 0 Å². The minimum absolute atomic E-state index is 0.336. The first-order valence-electron chi connectivity index (χ1n) is 9.97. The van der Waals surface area contributed by atoms with Crippen molar-refractivity contribution in [1.29, 1.82) is 0 Å². The van der Waals surface area contributed by atoms with E-state index in [1.165, 1.54) is 23.3 Å². The molecule has 1 atom stereocenters. The first-order chi connectivity index (χ1) is 13.4. The molecule has 3 nitrogen and oxygen atoms in total. The van der Waals surface area contributed by atoms with Crippen LogP contribution in [0.5, 0.6) is 0 Å². The van der Waals surface area contributed by atoms with Gasteiger partial charge in [0.25, 0.3) is 0 Å². The molecule has 0 aliphatic carbocycles. The van der Waals surface area contributed by atoms with Gasteiger partial charge in [0.1, 0.15) is 11.6 Å². The number of hydrogen-bond acceptors (Lipinski definition) is 1. The van der Waals surface area contributed by atoms with Crippen molar-refractivity contribution in [3.8, 4) is 0 Å². The Morgan fingerprint density at radius 1 is 1.11 bits per heavy atom. The number of nitrogens with one attached hydrogen (secondary N) is 1. The number of carbonyl (C=O) groups excluding carboxylic acids is 1. The van der Waals surface area contributed by atoms with Gasteiger partial charge in [-0.25, -0.2) is 13.6 Å². The summed E-state index contributed by atoms with van der Waals surface area (Å²) in [5, 5.41) is 2.63. The molecule has 0 aromatic heterocycles. The van der Waals surface area contributed by atoms with Gasteiger partial charge >= 0.3 is 6.03 Å². The van der Waals surface area contributed by atoms with Gasteiger partial charge in [-0.1, -0.05) is 38.0 Å². The molecule has 0 radical (unpaired) electrons. The van der Waals surface area contributed by atoms with Crippen LogP contribution in [-0.2, 0) is 13.0 Å². The van der Waals surface area contributed by atoms with E-state index in [0.717, 1.165) is 43.7 Å². The monoisotopic (exact) mass is 388 g/mol. The van der Waals surface area contributed by atoms with Gasteiger partial charge in [-0.3, -0.25) is 0 Å². The molecule has 2 aromatic rings. The normalized spacial score (nSPS) is 12.0. The van der Waals surface area contributed by atoms with Crippen molar-refractivity contribution in [1.82, 2.24) is 5.32 Å². The third kappa shape index (κ3) is 6.63. The zero-order valence-corrected chi connectivity index (χ0v) is 16.7. The second kappa shape index (κ2) is 10.8. The second-order valence-corrected chi connectivity index (χ2v) is 7.38. The molecule has 1 unspecified atom stereocenters. The van der Waals surface area contributed by atoms with Gasteiger partial charge in [-0.2, -0.15) is 0 Å². The molecule has 28 heavy (non-hydrogen) atoms. The molecule has 3 N–H and O–H groups in total. The molecule has 0 heterocycles. The van der Waals surface area contributed by atoms with E-state index in [2.05, 4.69) is 31.3 Å². The molecule has 0 aliphatic rings. The van der Waals surface area contributed by atoms with Gasteiger partial charge in [-0.15, -0.1) is 0 Å². The number of urea groups is 1. The number of unbranched alkanes of at least 4 members (excludes halogenated alkanes) is 1. The number of carbonyl (C=O) groups is 1. The third-order valence-corrected chi connectivity index (χ3v) is 5.14. The number of rotatable bonds is 10. The van der Waals surface area contributed by atoms with Crippen LogP contribution in [0.15, 0.2) is 36.4 Å². The molecule has 0 saturated carbocycles. The molecular weight excluding hydrogens is 358 g/mol. The van der Waals surface area contributed by atoms with Crippen LogP contribution in [0.25, 0.3) is 0 Å². The summed E-state index contributed by atoms with van der Waals surface area (Å²) in [5.74, 6) is -0.315. The number of benzene rings is 2. The molecule has 2 rings (SSSR count). The van der Waals surface area contributed by atoms with E-state index in [1.807, 2.05) is 6.07 Å². The fraction of sp³-hybridized carbons (Fsp3) is 0.435. The number of halogens is 2. The maximum Gasteiger partial charge on any atom is 0.312 e. The van der Waals surface area contributed by atoms with Crippen molar-refractivity contribution in [3.63, 3.8) is 0 Å². The smallest absolute Gasteiger partial charge is 0.312 e. The minimum atomic E-state index is -0.531. The average molecular weight is 389 g/mol. The van der Waals surface area contributed by atoms with E-state index in [0.29, 0.717) is 24.4 Å². The number of amides is 2. The Morgan fingerprint density at radius 3 is 2.61 bits per heavy atom. The molecular formula is C23H30F2N2O. The highest BCUT2D eigenvalue weighted by atomic mass is 19.1. The van der Waals surface area contributed by atoms with Crippen molar-refractivity contribution >= 4 is 6.03 Å². The largest absolute Gasteiger partial charge is 0.352 e. The van der Waals surface area contributed by atoms with Crippen molar-refractivity contribution in [2.24, 2.45) is 5.73 Å². The SMILES string of the molecule is CCCC(CCCCc1cc(F)ccc1F)c1cc(CNC(N)=O)ccc1C. The fourth-order valence-electron chi connectivity index (χ4n) is 3.67. The third-order valence-electron chi connectivity index (χ3n) is 5.14. The lowest BCUT2D eigenvalue weighted by Crippen LogP contribution is -2.28. The molecule has 0 spiro atoms. The van der Waals surface area contributed by atoms with Gasteiger partial charge in [0, 0.05) is 6.54 Å². The van der Waals surface area contributed by atoms with Crippen molar-refractivity contribution in [2.45, 2.75) is 64.8 Å². The van der Waals surface area contributed by atoms with Crippen molar-refractivity contribution < 1.29 is 13.6 Å². The van der Waals surface area contributed by atoms with E-state index >= 15 is 0 Å². The van der Waals surface area contributed by atoms with Crippen LogP contribution in [0, 0.1) is 18.6 Å². The summed E-state index contributed by atoms with van der Waals surface area (Å²) < 4.78 is 27.1. The molecule has 0 saturated heterocycles. The Hall–Kier alpha value is -2.43. The topological polar surface area (TPSA) is 55.1 Å². The molecule has 0 fully saturated rings. The van der Waals surface area contributed by atoms with Crippen LogP contribution >= 0.6 is 0 Å². The zero-order chi connectivity index (χ0) is 20.5. The fourth-order valence-corrected chi connectivity index (χ4v) is 3.67. The van der Waals surface area contributed by atoms with E-state index in [1.54, 1.807) is 0 Å². The lowest BCUT2D eigenvalue weighted by molar-refractivity contribution is 0.248. The number of primary amides is 1. The summed E-state index contributed by atoms with van der Waals surface area (Å²) in [6.45, 7) is 4.69. The first-order valence-corrected chi connectivity index (χ1v) is 9.97. The van der Waals surface area contributed by atoms with E-state index in [9.17, 15) is 13.6 Å². The first kappa shape index (κ1) is 21.9. The van der Waals surface area contributed by atoms with Crippen LogP contribution in [0.1, 0.15) is 67.2 Å². The molecule has 0 aliphatic heterocycles. The highest BCUT2D eigenvalue weighted by molar-refractivity contribution is 5.71. The summed E-state index contributed by atoms with van der Waals surface area (Å²) in [4.78, 5) is 11.0. The van der Waals surface area contributed by atoms with Gasteiger partial charge in [0.2, 0.25) is 0 Å². The quantitative estimate of drug-likeness (QED) is 0.501. The van der Waals surface area contributed by atoms with Crippen LogP contribution < -0.4 is 11.1 Å². The number of aryl methyl sites for hydroxylation is 2. The van der Waals surface area contributed by atoms with Crippen molar-refractivity contribution in [2.75, 3.05) is 0 Å². The Morgan fingerprint density at radius 2 is 1.89 bits per heavy atom. The summed E-state index contributed by atoms with van der Waals surface area (Å²) >= 11 is 0. The summed E-state index contributed by atoms with van der Waals surface area (Å²) in [6.07, 6.45) is 5.46. The van der Waals surface area contributed by atoms with Gasteiger partial charge in [-0.05, 0) is 79.0 Å². The predicted octanol–water partition coefficient (Wildman–Crippen LogP) is 5.74. The van der Waals surface area contributed by atoms with E-state index < -0.39 is 11.8 Å². The van der Waals surface area contributed by atoms with Gasteiger partial charge in [0.15, 0.2) is 0 Å². The van der Waals surface area contributed by atoms with Gasteiger partial charge < -0.3 is 11.1 Å². The van der Waals surface area contributed by atoms with Crippen LogP contribution in [0.4, 0.5) is 13.6 Å². The summed E-state index contributed by atoms with van der Waals surface area (Å²) in [7, 11) is 0. The van der Waals surface area contributed by atoms with Crippen LogP contribution in [-0.4, -0.2) is 6.03 Å². The standard InChI is InChI=1S/C23H30F2N2O/c1-3-6-18(7-4-5-8-19-14-20(24)11-12-22(19)25)21-13-17(10-9-16(21)2)15-27-23(26)28/h9-14,18H,3-8,15H2,1-2H3,(H3,26,27,28). The molecule has 152 valence electrons. The Bertz CT molecular complexity index is 792. The second-order valence-electron chi connectivity index (χ2n) is 7.38. The van der Waals surface area contributed by atoms with Gasteiger partial charge in [0.05, 0.1) is 0 Å². The maximum absolute atomic E-state index is 13.8.